The fraction of sp³-hybridized carbons (Fsp3) is 0.125. The minimum absolute atomic E-state index is 0.429. The maximum atomic E-state index is 5.64. The van der Waals surface area contributed by atoms with Crippen LogP contribution in [0.5, 0.6) is 0 Å². The predicted molar refractivity (Wildman–Crippen MR) is 56.3 cm³/mol. The summed E-state index contributed by atoms with van der Waals surface area (Å²) in [7, 11) is 1.84. The van der Waals surface area contributed by atoms with Gasteiger partial charge in [-0.1, -0.05) is 0 Å². The predicted octanol–water partition coefficient (Wildman–Crippen LogP) is 1.22. The number of aromatic nitrogens is 4. The number of nitrogens with zero attached hydrogens (tertiary/aromatic N) is 4. The summed E-state index contributed by atoms with van der Waals surface area (Å²) in [5.41, 5.74) is 6.49. The van der Waals surface area contributed by atoms with Crippen LogP contribution in [0.4, 0.5) is 5.82 Å². The second kappa shape index (κ2) is 3.38. The highest BCUT2D eigenvalue weighted by Crippen LogP contribution is 2.19. The molecule has 2 aromatic heterocycles. The van der Waals surface area contributed by atoms with Gasteiger partial charge in [0.25, 0.3) is 0 Å². The molecule has 2 heterocycles. The number of nitrogens with two attached hydrogens (primary N) is 1. The van der Waals surface area contributed by atoms with Crippen molar-refractivity contribution in [3.05, 3.63) is 23.1 Å². The SMILES string of the molecule is Cn1cc(-c2ncc(Br)c(N)n2)cn1. The lowest BCUT2D eigenvalue weighted by Crippen LogP contribution is -1.95. The van der Waals surface area contributed by atoms with E-state index in [-0.39, 0.29) is 0 Å². The normalized spacial score (nSPS) is 10.4. The molecule has 0 unspecified atom stereocenters. The van der Waals surface area contributed by atoms with Gasteiger partial charge in [0.1, 0.15) is 5.82 Å². The Morgan fingerprint density at radius 2 is 2.21 bits per heavy atom. The lowest BCUT2D eigenvalue weighted by Gasteiger charge is -1.98. The molecule has 0 aliphatic heterocycles. The summed E-state index contributed by atoms with van der Waals surface area (Å²) in [5, 5.41) is 4.03. The summed E-state index contributed by atoms with van der Waals surface area (Å²) in [6, 6.07) is 0. The van der Waals surface area contributed by atoms with E-state index in [1.165, 1.54) is 0 Å². The first kappa shape index (κ1) is 9.14. The van der Waals surface area contributed by atoms with E-state index in [4.69, 9.17) is 5.73 Å². The van der Waals surface area contributed by atoms with Crippen molar-refractivity contribution in [2.75, 3.05) is 5.73 Å². The number of aryl methyl sites for hydroxylation is 1. The number of hydrogen-bond acceptors (Lipinski definition) is 4. The van der Waals surface area contributed by atoms with Crippen LogP contribution in [0.1, 0.15) is 0 Å². The van der Waals surface area contributed by atoms with Crippen LogP contribution in [0.2, 0.25) is 0 Å². The summed E-state index contributed by atoms with van der Waals surface area (Å²) in [4.78, 5) is 8.25. The van der Waals surface area contributed by atoms with Gasteiger partial charge in [0.2, 0.25) is 0 Å². The number of rotatable bonds is 1. The Morgan fingerprint density at radius 1 is 1.43 bits per heavy atom. The Kier molecular flexibility index (Phi) is 2.20. The van der Waals surface area contributed by atoms with Gasteiger partial charge in [-0.25, -0.2) is 9.97 Å². The molecule has 2 aromatic rings. The highest BCUT2D eigenvalue weighted by Gasteiger charge is 2.05. The van der Waals surface area contributed by atoms with Crippen LogP contribution in [0.25, 0.3) is 11.4 Å². The number of halogens is 1. The van der Waals surface area contributed by atoms with Crippen LogP contribution >= 0.6 is 15.9 Å². The van der Waals surface area contributed by atoms with Crippen LogP contribution < -0.4 is 5.73 Å². The third-order valence-corrected chi connectivity index (χ3v) is 2.35. The minimum atomic E-state index is 0.429. The number of nitrogen functional groups attached to an aromatic ring is 1. The standard InChI is InChI=1S/C8H8BrN5/c1-14-4-5(2-12-14)8-11-3-6(9)7(10)13-8/h2-4H,1H3,(H2,10,11,13). The van der Waals surface area contributed by atoms with Gasteiger partial charge in [0.15, 0.2) is 5.82 Å². The van der Waals surface area contributed by atoms with E-state index in [0.717, 1.165) is 5.56 Å². The van der Waals surface area contributed by atoms with Gasteiger partial charge in [-0.15, -0.1) is 0 Å². The Labute approximate surface area is 89.1 Å². The average Bonchev–Trinajstić information content (AvgIpc) is 2.57. The summed E-state index contributed by atoms with van der Waals surface area (Å²) in [6.07, 6.45) is 5.16. The summed E-state index contributed by atoms with van der Waals surface area (Å²) in [6.45, 7) is 0. The van der Waals surface area contributed by atoms with Crippen molar-refractivity contribution in [3.63, 3.8) is 0 Å². The van der Waals surface area contributed by atoms with Gasteiger partial charge >= 0.3 is 0 Å². The minimum Gasteiger partial charge on any atom is -0.383 e. The second-order valence-corrected chi connectivity index (χ2v) is 3.68. The molecule has 0 fully saturated rings. The first-order chi connectivity index (χ1) is 6.66. The van der Waals surface area contributed by atoms with E-state index in [2.05, 4.69) is 31.0 Å². The molecule has 0 spiro atoms. The molecule has 14 heavy (non-hydrogen) atoms. The third kappa shape index (κ3) is 1.60. The molecular weight excluding hydrogens is 246 g/mol. The van der Waals surface area contributed by atoms with Crippen LogP contribution in [-0.2, 0) is 7.05 Å². The van der Waals surface area contributed by atoms with Crippen LogP contribution in [0.3, 0.4) is 0 Å². The molecule has 0 amide bonds. The van der Waals surface area contributed by atoms with E-state index in [1.807, 2.05) is 13.2 Å². The lowest BCUT2D eigenvalue weighted by molar-refractivity contribution is 0.768. The lowest BCUT2D eigenvalue weighted by atomic mass is 10.3. The van der Waals surface area contributed by atoms with E-state index >= 15 is 0 Å². The zero-order chi connectivity index (χ0) is 10.1. The van der Waals surface area contributed by atoms with E-state index in [9.17, 15) is 0 Å². The van der Waals surface area contributed by atoms with Crippen molar-refractivity contribution in [1.29, 1.82) is 0 Å². The molecule has 0 aromatic carbocycles. The van der Waals surface area contributed by atoms with Crippen molar-refractivity contribution in [2.24, 2.45) is 7.05 Å². The fourth-order valence-corrected chi connectivity index (χ4v) is 1.25. The maximum Gasteiger partial charge on any atom is 0.164 e. The van der Waals surface area contributed by atoms with E-state index in [1.54, 1.807) is 17.1 Å². The molecule has 2 N–H and O–H groups in total. The zero-order valence-electron chi connectivity index (χ0n) is 7.48. The highest BCUT2D eigenvalue weighted by atomic mass is 79.9. The topological polar surface area (TPSA) is 69.6 Å². The maximum absolute atomic E-state index is 5.64. The van der Waals surface area contributed by atoms with E-state index < -0.39 is 0 Å². The summed E-state index contributed by atoms with van der Waals surface area (Å²) in [5.74, 6) is 1.01. The molecule has 72 valence electrons. The first-order valence-electron chi connectivity index (χ1n) is 3.94. The quantitative estimate of drug-likeness (QED) is 0.830. The zero-order valence-corrected chi connectivity index (χ0v) is 9.06. The molecular formula is C8H8BrN5. The Balaban J connectivity index is 2.47. The van der Waals surface area contributed by atoms with Crippen molar-refractivity contribution >= 4 is 21.7 Å². The molecule has 0 bridgehead atoms. The van der Waals surface area contributed by atoms with E-state index in [0.29, 0.717) is 16.1 Å². The van der Waals surface area contributed by atoms with Gasteiger partial charge in [-0.05, 0) is 15.9 Å². The summed E-state index contributed by atoms with van der Waals surface area (Å²) < 4.78 is 2.39. The van der Waals surface area contributed by atoms with Crippen LogP contribution in [0.15, 0.2) is 23.1 Å². The van der Waals surface area contributed by atoms with Crippen molar-refractivity contribution in [2.45, 2.75) is 0 Å². The van der Waals surface area contributed by atoms with Crippen LogP contribution in [0, 0.1) is 0 Å². The molecule has 0 saturated heterocycles. The second-order valence-electron chi connectivity index (χ2n) is 2.83. The smallest absolute Gasteiger partial charge is 0.164 e. The number of hydrogen-bond donors (Lipinski definition) is 1. The van der Waals surface area contributed by atoms with Crippen LogP contribution in [-0.4, -0.2) is 19.7 Å². The molecule has 0 atom stereocenters. The number of anilines is 1. The monoisotopic (exact) mass is 253 g/mol. The Hall–Kier alpha value is -1.43. The van der Waals surface area contributed by atoms with Crippen molar-refractivity contribution in [3.8, 4) is 11.4 Å². The van der Waals surface area contributed by atoms with Gasteiger partial charge in [-0.3, -0.25) is 4.68 Å². The largest absolute Gasteiger partial charge is 0.383 e. The van der Waals surface area contributed by atoms with Crippen molar-refractivity contribution < 1.29 is 0 Å². The molecule has 0 aliphatic carbocycles. The molecule has 0 radical (unpaired) electrons. The fourth-order valence-electron chi connectivity index (χ4n) is 1.06. The van der Waals surface area contributed by atoms with Gasteiger partial charge < -0.3 is 5.73 Å². The molecule has 2 rings (SSSR count). The Bertz CT molecular complexity index is 465. The average molecular weight is 254 g/mol. The summed E-state index contributed by atoms with van der Waals surface area (Å²) >= 11 is 3.24. The van der Waals surface area contributed by atoms with Gasteiger partial charge in [-0.2, -0.15) is 5.10 Å². The third-order valence-electron chi connectivity index (χ3n) is 1.73. The highest BCUT2D eigenvalue weighted by molar-refractivity contribution is 9.10. The molecule has 0 saturated carbocycles. The first-order valence-corrected chi connectivity index (χ1v) is 4.73. The van der Waals surface area contributed by atoms with Gasteiger partial charge in [0, 0.05) is 19.4 Å². The molecule has 6 heteroatoms. The molecule has 5 nitrogen and oxygen atoms in total. The van der Waals surface area contributed by atoms with Crippen molar-refractivity contribution in [1.82, 2.24) is 19.7 Å². The van der Waals surface area contributed by atoms with Gasteiger partial charge in [0.05, 0.1) is 16.2 Å². The Morgan fingerprint density at radius 3 is 2.79 bits per heavy atom. The molecule has 0 aliphatic rings.